The molecule has 1 aliphatic rings. The maximum absolute atomic E-state index is 13.5. The Bertz CT molecular complexity index is 1160. The second kappa shape index (κ2) is 8.85. The standard InChI is InChI=1S/C22H20ClFN2O4/c1-28-19-6-2-4-13-10-16(21(27)25-12-15-5-3-9-29-15)22(30-20(13)19)26-14-7-8-18(24)17(23)11-14/h2,4,6-8,10-11,15H,3,5,9,12H2,1H3,(H,25,27)/t15-/m0/s1. The Labute approximate surface area is 177 Å². The highest BCUT2D eigenvalue weighted by Crippen LogP contribution is 2.26. The lowest BCUT2D eigenvalue weighted by atomic mass is 10.1. The first-order valence-corrected chi connectivity index (χ1v) is 9.93. The number of nitrogens with one attached hydrogen (secondary N) is 1. The van der Waals surface area contributed by atoms with E-state index in [1.165, 1.54) is 25.3 Å². The first-order chi connectivity index (χ1) is 14.5. The zero-order valence-corrected chi connectivity index (χ0v) is 17.0. The molecule has 1 amide bonds. The second-order valence-corrected chi connectivity index (χ2v) is 7.31. The molecule has 1 aromatic heterocycles. The third-order valence-corrected chi connectivity index (χ3v) is 5.14. The molecule has 3 aromatic rings. The van der Waals surface area contributed by atoms with Gasteiger partial charge in [0.15, 0.2) is 11.3 Å². The van der Waals surface area contributed by atoms with Crippen molar-refractivity contribution in [2.45, 2.75) is 18.9 Å². The number of fused-ring (bicyclic) bond motifs is 1. The van der Waals surface area contributed by atoms with Crippen LogP contribution in [0.1, 0.15) is 23.2 Å². The van der Waals surface area contributed by atoms with Gasteiger partial charge in [-0.15, -0.1) is 0 Å². The summed E-state index contributed by atoms with van der Waals surface area (Å²) in [5, 5.41) is 3.50. The lowest BCUT2D eigenvalue weighted by Crippen LogP contribution is -2.34. The fourth-order valence-electron chi connectivity index (χ4n) is 3.31. The van der Waals surface area contributed by atoms with Crippen LogP contribution >= 0.6 is 11.6 Å². The Morgan fingerprint density at radius 1 is 1.33 bits per heavy atom. The van der Waals surface area contributed by atoms with E-state index in [1.54, 1.807) is 18.2 Å². The molecule has 0 saturated carbocycles. The number of amides is 1. The molecule has 4 rings (SSSR count). The fourth-order valence-corrected chi connectivity index (χ4v) is 3.48. The van der Waals surface area contributed by atoms with Crippen molar-refractivity contribution in [3.8, 4) is 5.75 Å². The van der Waals surface area contributed by atoms with Crippen LogP contribution in [0.25, 0.3) is 11.0 Å². The first kappa shape index (κ1) is 20.4. The Kier molecular flexibility index (Phi) is 6.01. The maximum atomic E-state index is 13.5. The molecule has 0 spiro atoms. The van der Waals surface area contributed by atoms with Crippen molar-refractivity contribution in [1.29, 1.82) is 0 Å². The molecule has 1 saturated heterocycles. The van der Waals surface area contributed by atoms with E-state index < -0.39 is 5.82 Å². The van der Waals surface area contributed by atoms with Gasteiger partial charge in [-0.25, -0.2) is 9.38 Å². The summed E-state index contributed by atoms with van der Waals surface area (Å²) in [5.74, 6) is -0.388. The van der Waals surface area contributed by atoms with Crippen molar-refractivity contribution >= 4 is 34.2 Å². The molecule has 2 heterocycles. The number of benzene rings is 2. The van der Waals surface area contributed by atoms with Crippen LogP contribution in [0.15, 0.2) is 51.9 Å². The van der Waals surface area contributed by atoms with Crippen LogP contribution in [0.5, 0.6) is 5.75 Å². The molecular weight excluding hydrogens is 411 g/mol. The fraction of sp³-hybridized carbons (Fsp3) is 0.273. The molecule has 0 unspecified atom stereocenters. The Morgan fingerprint density at radius 3 is 2.93 bits per heavy atom. The van der Waals surface area contributed by atoms with Gasteiger partial charge < -0.3 is 19.2 Å². The molecule has 1 fully saturated rings. The normalized spacial score (nSPS) is 16.8. The van der Waals surface area contributed by atoms with Crippen LogP contribution in [-0.2, 0) is 4.74 Å². The Balaban J connectivity index is 1.79. The Morgan fingerprint density at radius 2 is 2.20 bits per heavy atom. The van der Waals surface area contributed by atoms with Crippen molar-refractivity contribution in [3.05, 3.63) is 64.4 Å². The van der Waals surface area contributed by atoms with Crippen molar-refractivity contribution in [2.75, 3.05) is 20.3 Å². The average molecular weight is 431 g/mol. The Hall–Kier alpha value is -2.90. The van der Waals surface area contributed by atoms with Crippen LogP contribution in [0, 0.1) is 5.82 Å². The molecule has 156 valence electrons. The number of ether oxygens (including phenoxy) is 2. The van der Waals surface area contributed by atoms with Gasteiger partial charge in [0.1, 0.15) is 11.4 Å². The smallest absolute Gasteiger partial charge is 0.256 e. The molecule has 8 heteroatoms. The molecule has 0 bridgehead atoms. The molecule has 1 atom stereocenters. The van der Waals surface area contributed by atoms with Crippen molar-refractivity contribution in [2.24, 2.45) is 4.99 Å². The predicted molar refractivity (Wildman–Crippen MR) is 111 cm³/mol. The molecule has 1 N–H and O–H groups in total. The number of carbonyl (C=O) groups is 1. The molecule has 2 aromatic carbocycles. The summed E-state index contributed by atoms with van der Waals surface area (Å²) in [5.41, 5.74) is 1.11. The quantitative estimate of drug-likeness (QED) is 0.652. The van der Waals surface area contributed by atoms with Gasteiger partial charge in [-0.1, -0.05) is 23.7 Å². The number of carbonyl (C=O) groups excluding carboxylic acids is 1. The number of nitrogens with zero attached hydrogens (tertiary/aromatic N) is 1. The van der Waals surface area contributed by atoms with Crippen LogP contribution in [0.2, 0.25) is 5.02 Å². The molecule has 0 radical (unpaired) electrons. The third kappa shape index (κ3) is 4.32. The van der Waals surface area contributed by atoms with Gasteiger partial charge >= 0.3 is 0 Å². The van der Waals surface area contributed by atoms with E-state index in [9.17, 15) is 9.18 Å². The monoisotopic (exact) mass is 430 g/mol. The zero-order valence-electron chi connectivity index (χ0n) is 16.3. The topological polar surface area (TPSA) is 73.1 Å². The van der Waals surface area contributed by atoms with Gasteiger partial charge in [-0.3, -0.25) is 4.79 Å². The highest BCUT2D eigenvalue weighted by molar-refractivity contribution is 6.31. The van der Waals surface area contributed by atoms with E-state index in [1.807, 2.05) is 6.07 Å². The van der Waals surface area contributed by atoms with Gasteiger partial charge in [0, 0.05) is 18.5 Å². The van der Waals surface area contributed by atoms with E-state index in [0.717, 1.165) is 12.8 Å². The maximum Gasteiger partial charge on any atom is 0.256 e. The molecule has 6 nitrogen and oxygen atoms in total. The molecular formula is C22H20ClFN2O4. The van der Waals surface area contributed by atoms with E-state index in [4.69, 9.17) is 25.5 Å². The molecule has 30 heavy (non-hydrogen) atoms. The lowest BCUT2D eigenvalue weighted by molar-refractivity contribution is 0.0854. The van der Waals surface area contributed by atoms with Gasteiger partial charge in [0.05, 0.1) is 23.9 Å². The van der Waals surface area contributed by atoms with E-state index >= 15 is 0 Å². The minimum absolute atomic E-state index is 0.00253. The molecule has 0 aliphatic carbocycles. The number of hydrogen-bond donors (Lipinski definition) is 1. The van der Waals surface area contributed by atoms with Crippen molar-refractivity contribution in [3.63, 3.8) is 0 Å². The number of hydrogen-bond acceptors (Lipinski definition) is 5. The van der Waals surface area contributed by atoms with E-state index in [2.05, 4.69) is 10.3 Å². The minimum atomic E-state index is -0.553. The minimum Gasteiger partial charge on any atom is -0.493 e. The zero-order chi connectivity index (χ0) is 21.1. The van der Waals surface area contributed by atoms with Crippen LogP contribution in [-0.4, -0.2) is 32.3 Å². The summed E-state index contributed by atoms with van der Waals surface area (Å²) in [6.45, 7) is 1.11. The summed E-state index contributed by atoms with van der Waals surface area (Å²) < 4.78 is 30.4. The van der Waals surface area contributed by atoms with E-state index in [0.29, 0.717) is 35.6 Å². The highest BCUT2D eigenvalue weighted by atomic mass is 35.5. The van der Waals surface area contributed by atoms with Crippen molar-refractivity contribution < 1.29 is 23.1 Å². The number of methoxy groups -OCH3 is 1. The molecule has 1 aliphatic heterocycles. The van der Waals surface area contributed by atoms with Gasteiger partial charge in [-0.05, 0) is 43.2 Å². The predicted octanol–water partition coefficient (Wildman–Crippen LogP) is 4.38. The van der Waals surface area contributed by atoms with Gasteiger partial charge in [0.2, 0.25) is 5.55 Å². The highest BCUT2D eigenvalue weighted by Gasteiger charge is 2.19. The van der Waals surface area contributed by atoms with Crippen LogP contribution < -0.4 is 15.6 Å². The first-order valence-electron chi connectivity index (χ1n) is 9.55. The van der Waals surface area contributed by atoms with Gasteiger partial charge in [-0.2, -0.15) is 0 Å². The number of para-hydroxylation sites is 1. The summed E-state index contributed by atoms with van der Waals surface area (Å²) >= 11 is 5.87. The van der Waals surface area contributed by atoms with E-state index in [-0.39, 0.29) is 28.2 Å². The summed E-state index contributed by atoms with van der Waals surface area (Å²) in [4.78, 5) is 17.3. The largest absolute Gasteiger partial charge is 0.493 e. The SMILES string of the molecule is COc1cccc2cc(C(=O)NC[C@@H]3CCCO3)c(=Nc3ccc(F)c(Cl)c3)oc12. The third-order valence-electron chi connectivity index (χ3n) is 4.85. The van der Waals surface area contributed by atoms with Crippen LogP contribution in [0.3, 0.4) is 0 Å². The second-order valence-electron chi connectivity index (χ2n) is 6.90. The van der Waals surface area contributed by atoms with Crippen molar-refractivity contribution in [1.82, 2.24) is 5.32 Å². The number of halogens is 2. The van der Waals surface area contributed by atoms with Gasteiger partial charge in [0.25, 0.3) is 5.91 Å². The average Bonchev–Trinajstić information content (AvgIpc) is 3.27. The van der Waals surface area contributed by atoms with Crippen LogP contribution in [0.4, 0.5) is 10.1 Å². The summed E-state index contributed by atoms with van der Waals surface area (Å²) in [6, 6.07) is 11.1. The summed E-state index contributed by atoms with van der Waals surface area (Å²) in [7, 11) is 1.53. The summed E-state index contributed by atoms with van der Waals surface area (Å²) in [6.07, 6.45) is 1.89. The lowest BCUT2D eigenvalue weighted by Gasteiger charge is -2.12. The number of rotatable bonds is 5.